The van der Waals surface area contributed by atoms with E-state index in [1.54, 1.807) is 6.20 Å². The number of aryl methyl sites for hydroxylation is 2. The number of carbonyl (C=O) groups excluding carboxylic acids is 2. The molecule has 0 spiro atoms. The molecule has 0 aliphatic carbocycles. The highest BCUT2D eigenvalue weighted by atomic mass is 35.5. The molecule has 7 nitrogen and oxygen atoms in total. The summed E-state index contributed by atoms with van der Waals surface area (Å²) in [4.78, 5) is 29.6. The summed E-state index contributed by atoms with van der Waals surface area (Å²) >= 11 is 6.38. The third-order valence-corrected chi connectivity index (χ3v) is 8.14. The molecule has 2 aliphatic heterocycles. The fourth-order valence-electron chi connectivity index (χ4n) is 5.65. The molecule has 1 aromatic heterocycles. The Balaban J connectivity index is 1.28. The first kappa shape index (κ1) is 24.5. The number of aromatic nitrogens is 2. The van der Waals surface area contributed by atoms with E-state index in [2.05, 4.69) is 10.00 Å². The predicted octanol–water partition coefficient (Wildman–Crippen LogP) is 4.07. The van der Waals surface area contributed by atoms with Crippen molar-refractivity contribution in [3.05, 3.63) is 81.6 Å². The number of carbonyl (C=O) groups is 2. The highest BCUT2D eigenvalue weighted by Crippen LogP contribution is 2.38. The lowest BCUT2D eigenvalue weighted by atomic mass is 10.0. The smallest absolute Gasteiger partial charge is 0.257 e. The van der Waals surface area contributed by atoms with Crippen molar-refractivity contribution in [2.75, 3.05) is 26.2 Å². The normalized spacial score (nSPS) is 20.5. The topological polar surface area (TPSA) is 84.5 Å². The number of hydrogen-bond acceptors (Lipinski definition) is 4. The molecule has 3 aromatic rings. The lowest BCUT2D eigenvalue weighted by Gasteiger charge is -2.29. The van der Waals surface area contributed by atoms with Crippen molar-refractivity contribution in [2.45, 2.75) is 33.2 Å². The molecule has 36 heavy (non-hydrogen) atoms. The van der Waals surface area contributed by atoms with Crippen LogP contribution in [0, 0.1) is 32.6 Å². The molecule has 3 unspecified atom stereocenters. The first-order valence-corrected chi connectivity index (χ1v) is 12.8. The zero-order chi connectivity index (χ0) is 25.6. The Morgan fingerprint density at radius 1 is 1.03 bits per heavy atom. The first-order chi connectivity index (χ1) is 17.2. The number of rotatable bonds is 6. The van der Waals surface area contributed by atoms with Gasteiger partial charge >= 0.3 is 0 Å². The van der Waals surface area contributed by atoms with Gasteiger partial charge < -0.3 is 10.6 Å². The molecule has 2 saturated heterocycles. The van der Waals surface area contributed by atoms with Crippen LogP contribution in [-0.4, -0.2) is 57.6 Å². The van der Waals surface area contributed by atoms with Crippen LogP contribution in [0.2, 0.25) is 5.02 Å². The van der Waals surface area contributed by atoms with E-state index in [0.29, 0.717) is 35.5 Å². The maximum absolute atomic E-state index is 13.4. The number of fused-ring (bicyclic) bond motifs is 1. The van der Waals surface area contributed by atoms with Gasteiger partial charge in [0.1, 0.15) is 0 Å². The number of nitrogens with two attached hydrogens (primary N) is 1. The van der Waals surface area contributed by atoms with Crippen LogP contribution in [-0.2, 0) is 4.79 Å². The van der Waals surface area contributed by atoms with E-state index < -0.39 is 0 Å². The fraction of sp³-hybridized carbons (Fsp3) is 0.393. The molecule has 8 heteroatoms. The van der Waals surface area contributed by atoms with Gasteiger partial charge in [-0.05, 0) is 61.9 Å². The van der Waals surface area contributed by atoms with E-state index in [-0.39, 0.29) is 24.3 Å². The summed E-state index contributed by atoms with van der Waals surface area (Å²) in [5.41, 5.74) is 11.3. The van der Waals surface area contributed by atoms with Crippen LogP contribution in [0.3, 0.4) is 0 Å². The lowest BCUT2D eigenvalue weighted by Crippen LogP contribution is -2.36. The van der Waals surface area contributed by atoms with E-state index in [9.17, 15) is 9.59 Å². The average molecular weight is 506 g/mol. The quantitative estimate of drug-likeness (QED) is 0.547. The van der Waals surface area contributed by atoms with Gasteiger partial charge in [0.25, 0.3) is 5.91 Å². The van der Waals surface area contributed by atoms with Crippen molar-refractivity contribution in [1.82, 2.24) is 19.6 Å². The molecule has 2 aliphatic rings. The predicted molar refractivity (Wildman–Crippen MR) is 140 cm³/mol. The van der Waals surface area contributed by atoms with Crippen LogP contribution < -0.4 is 5.73 Å². The van der Waals surface area contributed by atoms with E-state index >= 15 is 0 Å². The zero-order valence-electron chi connectivity index (χ0n) is 20.9. The largest absolute Gasteiger partial charge is 0.370 e. The second-order valence-electron chi connectivity index (χ2n) is 10.3. The van der Waals surface area contributed by atoms with Crippen molar-refractivity contribution >= 4 is 23.4 Å². The van der Waals surface area contributed by atoms with E-state index in [4.69, 9.17) is 17.3 Å². The summed E-state index contributed by atoms with van der Waals surface area (Å²) in [7, 11) is 0. The van der Waals surface area contributed by atoms with Crippen LogP contribution in [0.4, 0.5) is 0 Å². The fourth-order valence-corrected chi connectivity index (χ4v) is 5.84. The van der Waals surface area contributed by atoms with Gasteiger partial charge in [0.2, 0.25) is 5.91 Å². The van der Waals surface area contributed by atoms with Gasteiger partial charge in [-0.2, -0.15) is 5.10 Å². The van der Waals surface area contributed by atoms with Crippen molar-refractivity contribution in [3.63, 3.8) is 0 Å². The number of benzene rings is 2. The van der Waals surface area contributed by atoms with Gasteiger partial charge in [-0.25, -0.2) is 4.68 Å². The molecule has 2 N–H and O–H groups in total. The average Bonchev–Trinajstić information content (AvgIpc) is 3.53. The lowest BCUT2D eigenvalue weighted by molar-refractivity contribution is -0.119. The van der Waals surface area contributed by atoms with Crippen LogP contribution in [0.5, 0.6) is 0 Å². The van der Waals surface area contributed by atoms with Gasteiger partial charge in [0.05, 0.1) is 23.1 Å². The van der Waals surface area contributed by atoms with Gasteiger partial charge in [0.15, 0.2) is 0 Å². The van der Waals surface area contributed by atoms with E-state index in [1.165, 1.54) is 5.56 Å². The summed E-state index contributed by atoms with van der Waals surface area (Å²) in [6.45, 7) is 9.00. The molecule has 188 valence electrons. The minimum atomic E-state index is -0.327. The van der Waals surface area contributed by atoms with E-state index in [0.717, 1.165) is 35.6 Å². The summed E-state index contributed by atoms with van der Waals surface area (Å²) in [5, 5.41) is 5.19. The number of likely N-dealkylation sites (tertiary alicyclic amines) is 2. The van der Waals surface area contributed by atoms with Gasteiger partial charge in [-0.1, -0.05) is 41.4 Å². The molecule has 3 atom stereocenters. The van der Waals surface area contributed by atoms with Crippen molar-refractivity contribution < 1.29 is 9.59 Å². The minimum Gasteiger partial charge on any atom is -0.370 e. The number of halogens is 1. The van der Waals surface area contributed by atoms with Crippen LogP contribution in [0.25, 0.3) is 5.69 Å². The number of primary amides is 1. The molecule has 0 saturated carbocycles. The number of hydrogen-bond donors (Lipinski definition) is 1. The zero-order valence-corrected chi connectivity index (χ0v) is 21.7. The van der Waals surface area contributed by atoms with Gasteiger partial charge in [-0.3, -0.25) is 14.5 Å². The summed E-state index contributed by atoms with van der Waals surface area (Å²) in [6, 6.07) is 14.0. The molecule has 0 radical (unpaired) electrons. The Hall–Kier alpha value is -3.16. The van der Waals surface area contributed by atoms with Crippen molar-refractivity contribution in [2.24, 2.45) is 17.6 Å². The summed E-state index contributed by atoms with van der Waals surface area (Å²) < 4.78 is 1.83. The first-order valence-electron chi connectivity index (χ1n) is 12.4. The highest BCUT2D eigenvalue weighted by Gasteiger charge is 2.44. The standard InChI is InChI=1S/C28H32ClN5O2/c1-17-4-8-23(9-5-17)34-19(3)24(12-31-34)28(36)33-15-21-13-32(14-22(21)16-33)26(11-27(30)35)20-7-6-18(2)25(29)10-20/h4-10,12,21-22,26H,11,13-16H2,1-3H3,(H2,30,35). The molecular weight excluding hydrogens is 474 g/mol. The highest BCUT2D eigenvalue weighted by molar-refractivity contribution is 6.31. The molecular formula is C28H32ClN5O2. The minimum absolute atomic E-state index is 0.0332. The van der Waals surface area contributed by atoms with Gasteiger partial charge in [-0.15, -0.1) is 0 Å². The Morgan fingerprint density at radius 3 is 2.31 bits per heavy atom. The summed E-state index contributed by atoms with van der Waals surface area (Å²) in [6.07, 6.45) is 1.93. The van der Waals surface area contributed by atoms with Crippen LogP contribution in [0.1, 0.15) is 45.2 Å². The third-order valence-electron chi connectivity index (χ3n) is 7.74. The molecule has 2 amide bonds. The van der Waals surface area contributed by atoms with Crippen LogP contribution in [0.15, 0.2) is 48.7 Å². The molecule has 0 bridgehead atoms. The Morgan fingerprint density at radius 2 is 1.69 bits per heavy atom. The molecule has 3 heterocycles. The maximum atomic E-state index is 13.4. The maximum Gasteiger partial charge on any atom is 0.257 e. The molecule has 5 rings (SSSR count). The van der Waals surface area contributed by atoms with Crippen molar-refractivity contribution in [3.8, 4) is 5.69 Å². The summed E-state index contributed by atoms with van der Waals surface area (Å²) in [5.74, 6) is 0.424. The van der Waals surface area contributed by atoms with E-state index in [1.807, 2.05) is 72.8 Å². The van der Waals surface area contributed by atoms with Gasteiger partial charge in [0, 0.05) is 43.7 Å². The van der Waals surface area contributed by atoms with Crippen molar-refractivity contribution in [1.29, 1.82) is 0 Å². The Bertz CT molecular complexity index is 1290. The SMILES string of the molecule is Cc1ccc(-n2ncc(C(=O)N3CC4CN(C(CC(N)=O)c5ccc(C)c(Cl)c5)CC4C3)c2C)cc1. The number of amides is 2. The third kappa shape index (κ3) is 4.65. The van der Waals surface area contributed by atoms with Crippen LogP contribution >= 0.6 is 11.6 Å². The number of nitrogens with zero attached hydrogens (tertiary/aromatic N) is 4. The molecule has 2 fully saturated rings. The second-order valence-corrected chi connectivity index (χ2v) is 10.7. The second kappa shape index (κ2) is 9.71. The monoisotopic (exact) mass is 505 g/mol. The Kier molecular flexibility index (Phi) is 6.62. The molecule has 2 aromatic carbocycles. The Labute approximate surface area is 216 Å².